The summed E-state index contributed by atoms with van der Waals surface area (Å²) in [6.07, 6.45) is 0.704. The van der Waals surface area contributed by atoms with Crippen LogP contribution in [0.15, 0.2) is 84.9 Å². The van der Waals surface area contributed by atoms with Crippen LogP contribution >= 0.6 is 0 Å². The minimum atomic E-state index is -0.159. The molecule has 0 aliphatic heterocycles. The van der Waals surface area contributed by atoms with Crippen LogP contribution < -0.4 is 5.32 Å². The van der Waals surface area contributed by atoms with Gasteiger partial charge in [0.1, 0.15) is 6.54 Å². The molecule has 1 amide bonds. The summed E-state index contributed by atoms with van der Waals surface area (Å²) in [6, 6.07) is 27.8. The Morgan fingerprint density at radius 3 is 2.33 bits per heavy atom. The molecule has 0 aliphatic rings. The summed E-state index contributed by atoms with van der Waals surface area (Å²) in [7, 11) is 0. The largest absolute Gasteiger partial charge is 0.347 e. The van der Waals surface area contributed by atoms with Crippen LogP contribution in [-0.2, 0) is 17.8 Å². The molecule has 4 rings (SSSR count). The van der Waals surface area contributed by atoms with Gasteiger partial charge in [0.05, 0.1) is 6.04 Å². The normalized spacial score (nSPS) is 11.8. The van der Waals surface area contributed by atoms with Gasteiger partial charge >= 0.3 is 0 Å². The maximum Gasteiger partial charge on any atom is 0.244 e. The highest BCUT2D eigenvalue weighted by molar-refractivity contribution is 5.76. The number of benzene rings is 3. The third-order valence-electron chi connectivity index (χ3n) is 4.94. The molecule has 3 aromatic carbocycles. The molecule has 0 fully saturated rings. The second-order valence-corrected chi connectivity index (χ2v) is 7.18. The van der Waals surface area contributed by atoms with E-state index in [0.717, 1.165) is 22.3 Å². The van der Waals surface area contributed by atoms with Crippen molar-refractivity contribution >= 4 is 5.91 Å². The lowest BCUT2D eigenvalue weighted by Gasteiger charge is -2.19. The van der Waals surface area contributed by atoms with Gasteiger partial charge in [-0.25, -0.2) is 0 Å². The van der Waals surface area contributed by atoms with Gasteiger partial charge < -0.3 is 5.32 Å². The van der Waals surface area contributed by atoms with Crippen LogP contribution in [-0.4, -0.2) is 26.1 Å². The molecule has 0 radical (unpaired) electrons. The highest BCUT2D eigenvalue weighted by Gasteiger charge is 2.17. The van der Waals surface area contributed by atoms with Crippen molar-refractivity contribution in [3.05, 3.63) is 102 Å². The molecule has 1 aromatic heterocycles. The van der Waals surface area contributed by atoms with Crippen molar-refractivity contribution in [1.29, 1.82) is 0 Å². The number of aromatic nitrogens is 4. The van der Waals surface area contributed by atoms with Gasteiger partial charge in [-0.2, -0.15) is 4.80 Å². The Bertz CT molecular complexity index is 1110. The summed E-state index contributed by atoms with van der Waals surface area (Å²) in [5.74, 6) is 0.360. The maximum atomic E-state index is 12.8. The van der Waals surface area contributed by atoms with E-state index in [1.807, 2.05) is 79.7 Å². The number of nitrogens with zero attached hydrogens (tertiary/aromatic N) is 4. The summed E-state index contributed by atoms with van der Waals surface area (Å²) < 4.78 is 0. The van der Waals surface area contributed by atoms with Crippen molar-refractivity contribution in [2.75, 3.05) is 0 Å². The first-order valence-corrected chi connectivity index (χ1v) is 9.91. The fourth-order valence-electron chi connectivity index (χ4n) is 3.40. The third kappa shape index (κ3) is 4.78. The number of carbonyl (C=O) groups is 1. The number of amides is 1. The van der Waals surface area contributed by atoms with Gasteiger partial charge in [0.15, 0.2) is 0 Å². The predicted octanol–water partition coefficient (Wildman–Crippen LogP) is 3.75. The minimum absolute atomic E-state index is 0.0109. The third-order valence-corrected chi connectivity index (χ3v) is 4.94. The number of hydrogen-bond acceptors (Lipinski definition) is 4. The molecule has 30 heavy (non-hydrogen) atoms. The van der Waals surface area contributed by atoms with Crippen LogP contribution in [0, 0.1) is 6.92 Å². The molecule has 6 nitrogen and oxygen atoms in total. The fourth-order valence-corrected chi connectivity index (χ4v) is 3.40. The number of nitrogens with one attached hydrogen (secondary N) is 1. The van der Waals surface area contributed by atoms with E-state index in [4.69, 9.17) is 0 Å². The zero-order valence-corrected chi connectivity index (χ0v) is 16.8. The quantitative estimate of drug-likeness (QED) is 0.515. The number of rotatable bonds is 7. The second kappa shape index (κ2) is 9.13. The summed E-state index contributed by atoms with van der Waals surface area (Å²) in [4.78, 5) is 14.1. The van der Waals surface area contributed by atoms with Crippen LogP contribution in [0.1, 0.15) is 22.7 Å². The van der Waals surface area contributed by atoms with E-state index in [0.29, 0.717) is 12.2 Å². The Morgan fingerprint density at radius 1 is 0.933 bits per heavy atom. The van der Waals surface area contributed by atoms with Crippen LogP contribution in [0.3, 0.4) is 0 Å². The molecule has 0 unspecified atom stereocenters. The lowest BCUT2D eigenvalue weighted by molar-refractivity contribution is -0.122. The highest BCUT2D eigenvalue weighted by Crippen LogP contribution is 2.19. The fraction of sp³-hybridized carbons (Fsp3) is 0.167. The van der Waals surface area contributed by atoms with E-state index < -0.39 is 0 Å². The Kier molecular flexibility index (Phi) is 5.94. The van der Waals surface area contributed by atoms with Crippen molar-refractivity contribution in [3.8, 4) is 11.4 Å². The zero-order chi connectivity index (χ0) is 20.8. The molecule has 0 aliphatic carbocycles. The first kappa shape index (κ1) is 19.5. The first-order valence-electron chi connectivity index (χ1n) is 9.91. The Labute approximate surface area is 175 Å². The Balaban J connectivity index is 1.47. The van der Waals surface area contributed by atoms with Crippen molar-refractivity contribution in [2.45, 2.75) is 25.9 Å². The van der Waals surface area contributed by atoms with E-state index >= 15 is 0 Å². The molecule has 0 saturated carbocycles. The number of carbonyl (C=O) groups excluding carboxylic acids is 1. The van der Waals surface area contributed by atoms with Gasteiger partial charge in [-0.15, -0.1) is 10.2 Å². The Hall–Kier alpha value is -3.80. The molecule has 0 bridgehead atoms. The van der Waals surface area contributed by atoms with Crippen LogP contribution in [0.4, 0.5) is 0 Å². The molecule has 1 atom stereocenters. The lowest BCUT2D eigenvalue weighted by atomic mass is 9.99. The average Bonchev–Trinajstić information content (AvgIpc) is 3.23. The van der Waals surface area contributed by atoms with Gasteiger partial charge in [-0.05, 0) is 35.2 Å². The number of hydrogen-bond donors (Lipinski definition) is 1. The smallest absolute Gasteiger partial charge is 0.244 e. The summed E-state index contributed by atoms with van der Waals surface area (Å²) in [6.45, 7) is 2.01. The van der Waals surface area contributed by atoms with E-state index in [9.17, 15) is 4.79 Å². The van der Waals surface area contributed by atoms with Crippen LogP contribution in [0.25, 0.3) is 11.4 Å². The lowest BCUT2D eigenvalue weighted by Crippen LogP contribution is -2.33. The molecule has 0 spiro atoms. The summed E-state index contributed by atoms with van der Waals surface area (Å²) >= 11 is 0. The summed E-state index contributed by atoms with van der Waals surface area (Å²) in [5, 5.41) is 15.7. The molecule has 1 heterocycles. The number of tetrazole rings is 1. The number of aryl methyl sites for hydroxylation is 1. The van der Waals surface area contributed by atoms with Crippen LogP contribution in [0.5, 0.6) is 0 Å². The van der Waals surface area contributed by atoms with Crippen molar-refractivity contribution < 1.29 is 4.79 Å². The van der Waals surface area contributed by atoms with Gasteiger partial charge in [-0.3, -0.25) is 4.79 Å². The molecule has 0 saturated heterocycles. The predicted molar refractivity (Wildman–Crippen MR) is 115 cm³/mol. The Morgan fingerprint density at radius 2 is 1.60 bits per heavy atom. The summed E-state index contributed by atoms with van der Waals surface area (Å²) in [5.41, 5.74) is 4.19. The van der Waals surface area contributed by atoms with E-state index in [1.165, 1.54) is 4.80 Å². The first-order chi connectivity index (χ1) is 14.7. The van der Waals surface area contributed by atoms with Crippen molar-refractivity contribution in [3.63, 3.8) is 0 Å². The topological polar surface area (TPSA) is 72.7 Å². The monoisotopic (exact) mass is 397 g/mol. The minimum Gasteiger partial charge on any atom is -0.347 e. The van der Waals surface area contributed by atoms with Gasteiger partial charge in [0.2, 0.25) is 11.7 Å². The molecule has 150 valence electrons. The van der Waals surface area contributed by atoms with Gasteiger partial charge in [-0.1, -0.05) is 84.9 Å². The SMILES string of the molecule is Cc1ccccc1-c1nnn(CC(=O)N[C@@H](Cc2ccccc2)c2ccccc2)n1. The average molecular weight is 397 g/mol. The van der Waals surface area contributed by atoms with E-state index in [-0.39, 0.29) is 18.5 Å². The molecular weight excluding hydrogens is 374 g/mol. The molecular formula is C24H23N5O. The molecule has 6 heteroatoms. The van der Waals surface area contributed by atoms with Crippen LogP contribution in [0.2, 0.25) is 0 Å². The van der Waals surface area contributed by atoms with E-state index in [2.05, 4.69) is 32.9 Å². The van der Waals surface area contributed by atoms with E-state index in [1.54, 1.807) is 0 Å². The van der Waals surface area contributed by atoms with Gasteiger partial charge in [0.25, 0.3) is 0 Å². The highest BCUT2D eigenvalue weighted by atomic mass is 16.2. The molecule has 4 aromatic rings. The zero-order valence-electron chi connectivity index (χ0n) is 16.8. The standard InChI is InChI=1S/C24H23N5O/c1-18-10-8-9-15-21(18)24-26-28-29(27-24)17-23(30)25-22(20-13-6-3-7-14-20)16-19-11-4-2-5-12-19/h2-15,22H,16-17H2,1H3,(H,25,30)/t22-/m0/s1. The van der Waals surface area contributed by atoms with Gasteiger partial charge in [0, 0.05) is 5.56 Å². The van der Waals surface area contributed by atoms with Crippen molar-refractivity contribution in [2.24, 2.45) is 0 Å². The van der Waals surface area contributed by atoms with Crippen molar-refractivity contribution in [1.82, 2.24) is 25.5 Å². The maximum absolute atomic E-state index is 12.8. The molecule has 1 N–H and O–H groups in total. The second-order valence-electron chi connectivity index (χ2n) is 7.18.